The molecule has 2 aromatic rings. The van der Waals surface area contributed by atoms with Crippen molar-refractivity contribution in [3.8, 4) is 5.75 Å². The highest BCUT2D eigenvalue weighted by molar-refractivity contribution is 14.1. The van der Waals surface area contributed by atoms with Crippen molar-refractivity contribution in [2.45, 2.75) is 4.90 Å². The van der Waals surface area contributed by atoms with Gasteiger partial charge in [-0.2, -0.15) is 0 Å². The second-order valence-corrected chi connectivity index (χ2v) is 6.76. The lowest BCUT2D eigenvalue weighted by molar-refractivity contribution is 0.477. The topological polar surface area (TPSA) is 92.4 Å². The second kappa shape index (κ2) is 5.25. The van der Waals surface area contributed by atoms with Crippen molar-refractivity contribution in [1.82, 2.24) is 0 Å². The molecule has 0 saturated heterocycles. The Hall–Kier alpha value is -1.48. The molecule has 0 aliphatic carbocycles. The zero-order chi connectivity index (χ0) is 14.0. The van der Waals surface area contributed by atoms with Crippen molar-refractivity contribution >= 4 is 44.0 Å². The monoisotopic (exact) mass is 390 g/mol. The Morgan fingerprint density at radius 2 is 1.74 bits per heavy atom. The standard InChI is InChI=1S/C12H11IN2O3S/c13-8-1-3-9(4-2-8)15-19(17,18)10-5-6-12(16)11(14)7-10/h1-7,15-16H,14H2. The molecule has 0 aromatic heterocycles. The van der Waals surface area contributed by atoms with Gasteiger partial charge in [-0.3, -0.25) is 4.72 Å². The van der Waals surface area contributed by atoms with Gasteiger partial charge >= 0.3 is 0 Å². The Bertz CT molecular complexity index is 699. The molecular formula is C12H11IN2O3S. The Kier molecular flexibility index (Phi) is 3.85. The van der Waals surface area contributed by atoms with E-state index >= 15 is 0 Å². The van der Waals surface area contributed by atoms with Crippen molar-refractivity contribution < 1.29 is 13.5 Å². The smallest absolute Gasteiger partial charge is 0.261 e. The van der Waals surface area contributed by atoms with Gasteiger partial charge in [-0.1, -0.05) is 0 Å². The Balaban J connectivity index is 2.32. The van der Waals surface area contributed by atoms with Crippen LogP contribution in [0.4, 0.5) is 11.4 Å². The SMILES string of the molecule is Nc1cc(S(=O)(=O)Nc2ccc(I)cc2)ccc1O. The molecule has 0 fully saturated rings. The van der Waals surface area contributed by atoms with Crippen LogP contribution in [0.3, 0.4) is 0 Å². The van der Waals surface area contributed by atoms with Crippen molar-refractivity contribution in [1.29, 1.82) is 0 Å². The van der Waals surface area contributed by atoms with E-state index in [-0.39, 0.29) is 16.3 Å². The summed E-state index contributed by atoms with van der Waals surface area (Å²) in [4.78, 5) is 0.00125. The summed E-state index contributed by atoms with van der Waals surface area (Å²) in [7, 11) is -3.71. The van der Waals surface area contributed by atoms with Gasteiger partial charge in [-0.05, 0) is 65.1 Å². The molecule has 19 heavy (non-hydrogen) atoms. The highest BCUT2D eigenvalue weighted by atomic mass is 127. The molecule has 5 nitrogen and oxygen atoms in total. The van der Waals surface area contributed by atoms with Crippen LogP contribution < -0.4 is 10.5 Å². The number of sulfonamides is 1. The molecule has 100 valence electrons. The van der Waals surface area contributed by atoms with Crippen LogP contribution in [0.2, 0.25) is 0 Å². The van der Waals surface area contributed by atoms with Gasteiger partial charge in [-0.15, -0.1) is 0 Å². The average molecular weight is 390 g/mol. The number of rotatable bonds is 3. The molecule has 0 radical (unpaired) electrons. The molecule has 2 rings (SSSR count). The van der Waals surface area contributed by atoms with E-state index in [4.69, 9.17) is 5.73 Å². The molecule has 0 atom stereocenters. The fourth-order valence-corrected chi connectivity index (χ4v) is 2.88. The van der Waals surface area contributed by atoms with Gasteiger partial charge < -0.3 is 10.8 Å². The van der Waals surface area contributed by atoms with Crippen molar-refractivity contribution in [3.05, 3.63) is 46.0 Å². The maximum atomic E-state index is 12.1. The third-order valence-corrected chi connectivity index (χ3v) is 4.50. The Morgan fingerprint density at radius 3 is 2.32 bits per heavy atom. The number of nitrogens with one attached hydrogen (secondary N) is 1. The van der Waals surface area contributed by atoms with E-state index in [1.54, 1.807) is 24.3 Å². The summed E-state index contributed by atoms with van der Waals surface area (Å²) in [6, 6.07) is 10.7. The molecule has 0 saturated carbocycles. The number of anilines is 2. The van der Waals surface area contributed by atoms with E-state index in [0.29, 0.717) is 5.69 Å². The van der Waals surface area contributed by atoms with Crippen LogP contribution in [0.1, 0.15) is 0 Å². The average Bonchev–Trinajstić information content (AvgIpc) is 2.35. The number of halogens is 1. The van der Waals surface area contributed by atoms with Gasteiger partial charge in [0.25, 0.3) is 10.0 Å². The fourth-order valence-electron chi connectivity index (χ4n) is 1.43. The summed E-state index contributed by atoms with van der Waals surface area (Å²) in [6.07, 6.45) is 0. The first-order chi connectivity index (χ1) is 8.88. The highest BCUT2D eigenvalue weighted by Gasteiger charge is 2.15. The third-order valence-electron chi connectivity index (χ3n) is 2.41. The van der Waals surface area contributed by atoms with Gasteiger partial charge in [0.1, 0.15) is 5.75 Å². The van der Waals surface area contributed by atoms with Crippen molar-refractivity contribution in [2.75, 3.05) is 10.5 Å². The van der Waals surface area contributed by atoms with Gasteiger partial charge in [0.15, 0.2) is 0 Å². The molecular weight excluding hydrogens is 379 g/mol. The van der Waals surface area contributed by atoms with Crippen LogP contribution in [0.25, 0.3) is 0 Å². The Morgan fingerprint density at radius 1 is 1.11 bits per heavy atom. The number of aromatic hydroxyl groups is 1. The molecule has 0 amide bonds. The fraction of sp³-hybridized carbons (Fsp3) is 0. The van der Waals surface area contributed by atoms with Crippen LogP contribution in [0.15, 0.2) is 47.4 Å². The number of benzene rings is 2. The van der Waals surface area contributed by atoms with Crippen molar-refractivity contribution in [2.24, 2.45) is 0 Å². The van der Waals surface area contributed by atoms with E-state index in [2.05, 4.69) is 27.3 Å². The third kappa shape index (κ3) is 3.29. The minimum absolute atomic E-state index is 0.00125. The summed E-state index contributed by atoms with van der Waals surface area (Å²) in [5.41, 5.74) is 5.97. The molecule has 0 bridgehead atoms. The quantitative estimate of drug-likeness (QED) is 0.426. The molecule has 0 unspecified atom stereocenters. The first-order valence-corrected chi connectivity index (χ1v) is 7.81. The minimum Gasteiger partial charge on any atom is -0.506 e. The molecule has 4 N–H and O–H groups in total. The second-order valence-electron chi connectivity index (χ2n) is 3.83. The zero-order valence-corrected chi connectivity index (χ0v) is 12.6. The van der Waals surface area contributed by atoms with Crippen molar-refractivity contribution in [3.63, 3.8) is 0 Å². The molecule has 0 heterocycles. The van der Waals surface area contributed by atoms with Gasteiger partial charge in [0.05, 0.1) is 10.6 Å². The largest absolute Gasteiger partial charge is 0.506 e. The molecule has 0 aliphatic rings. The predicted octanol–water partition coefficient (Wildman–Crippen LogP) is 2.38. The van der Waals surface area contributed by atoms with E-state index in [9.17, 15) is 13.5 Å². The highest BCUT2D eigenvalue weighted by Crippen LogP contribution is 2.24. The van der Waals surface area contributed by atoms with E-state index in [1.165, 1.54) is 18.2 Å². The molecule has 0 spiro atoms. The van der Waals surface area contributed by atoms with Crippen LogP contribution in [0, 0.1) is 3.57 Å². The van der Waals surface area contributed by atoms with E-state index in [1.807, 2.05) is 0 Å². The molecule has 2 aromatic carbocycles. The summed E-state index contributed by atoms with van der Waals surface area (Å²) in [5, 5.41) is 9.29. The number of hydrogen-bond acceptors (Lipinski definition) is 4. The van der Waals surface area contributed by atoms with Gasteiger partial charge in [0, 0.05) is 9.26 Å². The maximum Gasteiger partial charge on any atom is 0.261 e. The lowest BCUT2D eigenvalue weighted by Crippen LogP contribution is -2.13. The van der Waals surface area contributed by atoms with Gasteiger partial charge in [0.2, 0.25) is 0 Å². The van der Waals surface area contributed by atoms with Crippen LogP contribution in [-0.4, -0.2) is 13.5 Å². The zero-order valence-electron chi connectivity index (χ0n) is 9.67. The van der Waals surface area contributed by atoms with Gasteiger partial charge in [-0.25, -0.2) is 8.42 Å². The number of nitrogens with two attached hydrogens (primary N) is 1. The lowest BCUT2D eigenvalue weighted by atomic mass is 10.3. The summed E-state index contributed by atoms with van der Waals surface area (Å²) < 4.78 is 27.6. The minimum atomic E-state index is -3.71. The summed E-state index contributed by atoms with van der Waals surface area (Å²) in [5.74, 6) is -0.145. The number of nitrogen functional groups attached to an aromatic ring is 1. The Labute approximate surface area is 124 Å². The molecule has 7 heteroatoms. The normalized spacial score (nSPS) is 11.2. The summed E-state index contributed by atoms with van der Waals surface area (Å²) in [6.45, 7) is 0. The van der Waals surface area contributed by atoms with Crippen LogP contribution in [-0.2, 0) is 10.0 Å². The first-order valence-electron chi connectivity index (χ1n) is 5.25. The predicted molar refractivity (Wildman–Crippen MR) is 82.5 cm³/mol. The van der Waals surface area contributed by atoms with Crippen LogP contribution >= 0.6 is 22.6 Å². The first kappa shape index (κ1) is 13.9. The van der Waals surface area contributed by atoms with E-state index in [0.717, 1.165) is 3.57 Å². The van der Waals surface area contributed by atoms with E-state index < -0.39 is 10.0 Å². The molecule has 0 aliphatic heterocycles. The van der Waals surface area contributed by atoms with Crippen LogP contribution in [0.5, 0.6) is 5.75 Å². The number of phenols is 1. The maximum absolute atomic E-state index is 12.1. The number of phenolic OH excluding ortho intramolecular Hbond substituents is 1. The lowest BCUT2D eigenvalue weighted by Gasteiger charge is -2.09. The summed E-state index contributed by atoms with van der Waals surface area (Å²) >= 11 is 2.13. The number of hydrogen-bond donors (Lipinski definition) is 3.